The molecule has 5 aliphatic heterocycles. The molecule has 10 N–H and O–H groups in total. The normalized spacial score (nSPS) is 20.3. The molecule has 15 aromatic carbocycles. The molecule has 5 aliphatic rings. The van der Waals surface area contributed by atoms with Gasteiger partial charge in [0.05, 0.1) is 141 Å². The average Bonchev–Trinajstić information content (AvgIpc) is 0.755. The van der Waals surface area contributed by atoms with Crippen LogP contribution in [0, 0.1) is 34.6 Å². The average molecular weight is 1990 g/mol. The molecule has 15 aromatic rings. The maximum Gasteiger partial charge on any atom is 0.161 e. The van der Waals surface area contributed by atoms with Crippen molar-refractivity contribution in [1.82, 2.24) is 0 Å². The van der Waals surface area contributed by atoms with E-state index in [1.807, 2.05) is 238 Å². The van der Waals surface area contributed by atoms with Crippen molar-refractivity contribution in [2.45, 2.75) is 92.2 Å². The molecule has 10 atom stereocenters. The third-order valence-corrected chi connectivity index (χ3v) is 28.9. The van der Waals surface area contributed by atoms with Gasteiger partial charge in [0.2, 0.25) is 0 Å². The summed E-state index contributed by atoms with van der Waals surface area (Å²) in [6.07, 6.45) is 0. The van der Waals surface area contributed by atoms with Crippen LogP contribution in [0.5, 0.6) is 121 Å². The number of rotatable bonds is 21. The zero-order chi connectivity index (χ0) is 105. The van der Waals surface area contributed by atoms with Crippen LogP contribution in [-0.2, 0) is 28.0 Å². The number of methoxy groups -OCH3 is 11. The van der Waals surface area contributed by atoms with E-state index in [1.165, 1.54) is 0 Å². The summed E-state index contributed by atoms with van der Waals surface area (Å²) in [5, 5.41) is 111. The fourth-order valence-electron chi connectivity index (χ4n) is 20.5. The van der Waals surface area contributed by atoms with Crippen LogP contribution < -0.4 is 75.8 Å². The topological polar surface area (TPSA) is 350 Å². The number of phenolic OH excluding ortho intramolecular Hbond substituents is 5. The lowest BCUT2D eigenvalue weighted by Crippen LogP contribution is -2.42. The van der Waals surface area contributed by atoms with Crippen molar-refractivity contribution in [2.24, 2.45) is 0 Å². The molecule has 20 rings (SSSR count). The summed E-state index contributed by atoms with van der Waals surface area (Å²) in [7, 11) is 17.7. The zero-order valence-corrected chi connectivity index (χ0v) is 84.7. The van der Waals surface area contributed by atoms with Crippen LogP contribution in [0.15, 0.2) is 297 Å². The number of aromatic hydroxyl groups is 5. The number of hydrogen-bond donors (Lipinski definition) is 10. The molecular weight excluding hydrogens is 1870 g/mol. The molecule has 5 heterocycles. The molecule has 0 radical (unpaired) electrons. The Kier molecular flexibility index (Phi) is 30.9. The van der Waals surface area contributed by atoms with Crippen molar-refractivity contribution in [3.63, 3.8) is 0 Å². The van der Waals surface area contributed by atoms with Crippen molar-refractivity contribution in [2.75, 3.05) is 111 Å². The van der Waals surface area contributed by atoms with Crippen LogP contribution in [0.4, 0.5) is 0 Å². The highest BCUT2D eigenvalue weighted by molar-refractivity contribution is 5.65. The second-order valence-corrected chi connectivity index (χ2v) is 36.4. The quantitative estimate of drug-likeness (QED) is 0.0319. The van der Waals surface area contributed by atoms with E-state index in [9.17, 15) is 51.1 Å². The molecule has 0 aliphatic carbocycles. The minimum atomic E-state index is -1.40. The third kappa shape index (κ3) is 19.6. The lowest BCUT2D eigenvalue weighted by Gasteiger charge is -2.42. The summed E-state index contributed by atoms with van der Waals surface area (Å²) in [4.78, 5) is 0. The molecule has 762 valence electrons. The molecule has 0 spiro atoms. The molecule has 0 bridgehead atoms. The van der Waals surface area contributed by atoms with Gasteiger partial charge in [-0.1, -0.05) is 115 Å². The highest BCUT2D eigenvalue weighted by Gasteiger charge is 2.53. The van der Waals surface area contributed by atoms with E-state index in [2.05, 4.69) is 0 Å². The fourth-order valence-corrected chi connectivity index (χ4v) is 20.5. The smallest absolute Gasteiger partial charge is 0.161 e. The van der Waals surface area contributed by atoms with Gasteiger partial charge in [0, 0.05) is 55.6 Å². The lowest BCUT2D eigenvalue weighted by atomic mass is 9.71. The summed E-state index contributed by atoms with van der Waals surface area (Å²) in [5.41, 5.74) is 8.10. The minimum absolute atomic E-state index is 0.124. The number of aliphatic hydroxyl groups is 5. The van der Waals surface area contributed by atoms with Gasteiger partial charge < -0.3 is 127 Å². The van der Waals surface area contributed by atoms with Crippen LogP contribution in [0.3, 0.4) is 0 Å². The SMILES string of the molecule is COc1ccc(C2(O)c3ccc(O)c(C)c3OCC2c2ccc(O)cc2)cc1.COc1ccc(C2(O)c3ccc(O)c(C)c3OCC2c2ccc(OC)c(OC)c2)cc1.COc1ccc(C2(O)c3ccc(OC)c(C)c3OCC2c2ccc(O)cc2)cc1.COc1ccc(C2COc3c(ccc(O)c3C)C2(O)c2ccc(OC)cc2)cc1.COc1ccc(C2COc3c(ccc(OC)c3C)C2(O)c2ccc(OC)cc2)cc1. The monoisotopic (exact) mass is 1990 g/mol. The fraction of sp³-hybridized carbons (Fsp3) is 0.256. The molecule has 147 heavy (non-hydrogen) atoms. The van der Waals surface area contributed by atoms with Gasteiger partial charge in [-0.25, -0.2) is 0 Å². The number of benzene rings is 15. The maximum absolute atomic E-state index is 12.3. The molecule has 26 nitrogen and oxygen atoms in total. The first-order chi connectivity index (χ1) is 70.9. The van der Waals surface area contributed by atoms with Gasteiger partial charge in [-0.15, -0.1) is 0 Å². The Morgan fingerprint density at radius 2 is 0.381 bits per heavy atom. The Labute approximate surface area is 854 Å². The van der Waals surface area contributed by atoms with Crippen LogP contribution in [-0.4, -0.2) is 162 Å². The molecule has 0 fully saturated rings. The number of fused-ring (bicyclic) bond motifs is 5. The second-order valence-electron chi connectivity index (χ2n) is 36.4. The maximum atomic E-state index is 12.3. The number of phenols is 5. The summed E-state index contributed by atoms with van der Waals surface area (Å²) >= 11 is 0. The predicted molar refractivity (Wildman–Crippen MR) is 557 cm³/mol. The van der Waals surface area contributed by atoms with Crippen molar-refractivity contribution in [3.8, 4) is 121 Å². The van der Waals surface area contributed by atoms with E-state index < -0.39 is 39.8 Å². The van der Waals surface area contributed by atoms with E-state index in [-0.39, 0.29) is 72.9 Å². The minimum Gasteiger partial charge on any atom is -0.508 e. The van der Waals surface area contributed by atoms with E-state index in [0.29, 0.717) is 120 Å². The first kappa shape index (κ1) is 104. The Hall–Kier alpha value is -16.1. The van der Waals surface area contributed by atoms with E-state index in [1.54, 1.807) is 172 Å². The highest BCUT2D eigenvalue weighted by atomic mass is 16.5. The Bertz CT molecular complexity index is 7110. The van der Waals surface area contributed by atoms with Gasteiger partial charge in [-0.05, 0) is 272 Å². The number of hydrogen-bond acceptors (Lipinski definition) is 26. The first-order valence-electron chi connectivity index (χ1n) is 47.8. The van der Waals surface area contributed by atoms with Gasteiger partial charge in [-0.2, -0.15) is 0 Å². The summed E-state index contributed by atoms with van der Waals surface area (Å²) in [6.45, 7) is 10.5. The highest BCUT2D eigenvalue weighted by Crippen LogP contribution is 2.59. The van der Waals surface area contributed by atoms with Crippen LogP contribution >= 0.6 is 0 Å². The molecule has 0 amide bonds. The molecule has 26 heteroatoms. The van der Waals surface area contributed by atoms with Crippen LogP contribution in [0.1, 0.15) is 141 Å². The Morgan fingerprint density at radius 3 is 0.599 bits per heavy atom. The standard InChI is InChI=1S/C25H26O6.C25H26O5.2C24H24O5.C23H22O5/c1-15-21(26)11-10-19-24(15)31-14-20(16-5-12-22(29-3)23(13-16)30-4)25(19,27)17-6-8-18(28-2)9-7-17;1-16-23(29-4)14-13-21-24(16)30-15-22(17-5-9-19(27-2)10-6-17)25(21,26)18-7-11-20(28-3)12-8-18;1-15-22(25)13-12-20-23(15)29-14-21(16-4-8-18(27-2)9-5-16)24(20,26)17-6-10-19(28-3)11-7-17;1-15-22(28-3)13-12-20-23(15)29-14-21(16-4-8-18(25)9-5-16)24(20,26)17-6-10-19(27-2)11-7-17;1-14-21(25)12-11-19-22(14)28-13-20(15-3-7-17(24)8-4-15)23(19,26)16-5-9-18(27-2)10-6-16/h5-13,20,26-27H,14H2,1-4H3;5-14,22,26H,15H2,1-4H3;2*4-13,21,25-26H,14H2,1-3H3;3-12,20,24-26H,13H2,1-2H3. The molecular formula is C121H122O26. The van der Waals surface area contributed by atoms with Crippen molar-refractivity contribution >= 4 is 0 Å². The number of ether oxygens (including phenoxy) is 16. The second kappa shape index (κ2) is 43.8. The Balaban J connectivity index is 0.000000131. The van der Waals surface area contributed by atoms with Gasteiger partial charge in [0.15, 0.2) is 11.5 Å². The predicted octanol–water partition coefficient (Wildman–Crippen LogP) is 20.7. The molecule has 10 unspecified atom stereocenters. The summed E-state index contributed by atoms with van der Waals surface area (Å²) in [6, 6.07) is 89.0. The molecule has 0 saturated carbocycles. The van der Waals surface area contributed by atoms with Crippen LogP contribution in [0.2, 0.25) is 0 Å². The Morgan fingerprint density at radius 1 is 0.197 bits per heavy atom. The van der Waals surface area contributed by atoms with Gasteiger partial charge in [-0.3, -0.25) is 0 Å². The first-order valence-corrected chi connectivity index (χ1v) is 47.8. The largest absolute Gasteiger partial charge is 0.508 e. The summed E-state index contributed by atoms with van der Waals surface area (Å²) in [5.74, 6) is 9.40. The van der Waals surface area contributed by atoms with Crippen LogP contribution in [0.25, 0.3) is 0 Å². The van der Waals surface area contributed by atoms with Crippen molar-refractivity contribution < 1.29 is 127 Å². The third-order valence-electron chi connectivity index (χ3n) is 28.9. The molecule has 0 saturated heterocycles. The van der Waals surface area contributed by atoms with Gasteiger partial charge in [0.25, 0.3) is 0 Å². The van der Waals surface area contributed by atoms with Crippen molar-refractivity contribution in [3.05, 3.63) is 409 Å². The van der Waals surface area contributed by atoms with Crippen molar-refractivity contribution in [1.29, 1.82) is 0 Å². The molecule has 0 aromatic heterocycles. The lowest BCUT2D eigenvalue weighted by molar-refractivity contribution is 0.00976. The summed E-state index contributed by atoms with van der Waals surface area (Å²) < 4.78 is 89.1. The van der Waals surface area contributed by atoms with E-state index in [4.69, 9.17) is 75.8 Å². The van der Waals surface area contributed by atoms with Gasteiger partial charge >= 0.3 is 0 Å². The van der Waals surface area contributed by atoms with E-state index >= 15 is 0 Å². The van der Waals surface area contributed by atoms with Gasteiger partial charge in [0.1, 0.15) is 137 Å². The van der Waals surface area contributed by atoms with E-state index in [0.717, 1.165) is 89.9 Å². The zero-order valence-electron chi connectivity index (χ0n) is 84.7.